The zero-order chi connectivity index (χ0) is 15.4. The first-order valence-electron chi connectivity index (χ1n) is 5.99. The number of hydrogen-bond acceptors (Lipinski definition) is 4. The molecule has 0 fully saturated rings. The lowest BCUT2D eigenvalue weighted by Gasteiger charge is -2.08. The van der Waals surface area contributed by atoms with Crippen molar-refractivity contribution in [2.24, 2.45) is 0 Å². The van der Waals surface area contributed by atoms with Gasteiger partial charge in [0, 0.05) is 16.4 Å². The number of nitrogens with zero attached hydrogens (tertiary/aromatic N) is 1. The van der Waals surface area contributed by atoms with Crippen LogP contribution in [0.3, 0.4) is 0 Å². The van der Waals surface area contributed by atoms with Gasteiger partial charge < -0.3 is 16.2 Å². The van der Waals surface area contributed by atoms with Crippen LogP contribution in [0.25, 0.3) is 0 Å². The Morgan fingerprint density at radius 1 is 1.29 bits per heavy atom. The molecule has 7 heteroatoms. The maximum absolute atomic E-state index is 12.1. The van der Waals surface area contributed by atoms with Crippen LogP contribution in [0.5, 0.6) is 0 Å². The fraction of sp³-hybridized carbons (Fsp3) is 0.0714. The predicted molar refractivity (Wildman–Crippen MR) is 80.9 cm³/mol. The summed E-state index contributed by atoms with van der Waals surface area (Å²) in [6.07, 6.45) is 1.39. The number of rotatable bonds is 4. The minimum atomic E-state index is -1.04. The number of benzene rings is 1. The predicted octanol–water partition coefficient (Wildman–Crippen LogP) is 2.05. The first kappa shape index (κ1) is 15.0. The minimum absolute atomic E-state index is 0.124. The van der Waals surface area contributed by atoms with Crippen LogP contribution < -0.4 is 11.1 Å². The van der Waals surface area contributed by atoms with Crippen molar-refractivity contribution in [2.45, 2.75) is 6.54 Å². The Labute approximate surface area is 129 Å². The lowest BCUT2D eigenvalue weighted by molar-refractivity contribution is 0.0696. The molecule has 0 saturated carbocycles. The molecular weight excluding hydrogens is 338 g/mol. The third-order valence-corrected chi connectivity index (χ3v) is 3.42. The van der Waals surface area contributed by atoms with Gasteiger partial charge in [-0.2, -0.15) is 0 Å². The zero-order valence-corrected chi connectivity index (χ0v) is 12.4. The molecule has 2 aromatic rings. The number of carboxylic acids is 1. The molecule has 21 heavy (non-hydrogen) atoms. The summed E-state index contributed by atoms with van der Waals surface area (Å²) in [5.74, 6) is -1.36. The number of aromatic nitrogens is 1. The van der Waals surface area contributed by atoms with Gasteiger partial charge in [0.2, 0.25) is 0 Å². The van der Waals surface area contributed by atoms with Gasteiger partial charge in [0.15, 0.2) is 0 Å². The van der Waals surface area contributed by atoms with Crippen molar-refractivity contribution in [3.8, 4) is 0 Å². The number of halogens is 1. The summed E-state index contributed by atoms with van der Waals surface area (Å²) >= 11 is 3.28. The van der Waals surface area contributed by atoms with Crippen LogP contribution in [0.15, 0.2) is 41.0 Å². The second-order valence-corrected chi connectivity index (χ2v) is 5.12. The highest BCUT2D eigenvalue weighted by Crippen LogP contribution is 2.19. The molecule has 0 aliphatic heterocycles. The van der Waals surface area contributed by atoms with E-state index in [2.05, 4.69) is 26.2 Å². The van der Waals surface area contributed by atoms with E-state index in [0.717, 1.165) is 0 Å². The normalized spacial score (nSPS) is 10.1. The number of carboxylic acid groups (broad SMARTS) is 1. The number of nitrogen functional groups attached to an aromatic ring is 1. The molecule has 1 heterocycles. The van der Waals surface area contributed by atoms with E-state index in [9.17, 15) is 9.59 Å². The van der Waals surface area contributed by atoms with Crippen LogP contribution in [-0.2, 0) is 6.54 Å². The number of aromatic carboxylic acids is 1. The molecule has 0 radical (unpaired) electrons. The van der Waals surface area contributed by atoms with E-state index in [0.29, 0.717) is 21.4 Å². The van der Waals surface area contributed by atoms with Crippen molar-refractivity contribution in [1.82, 2.24) is 10.3 Å². The van der Waals surface area contributed by atoms with E-state index in [4.69, 9.17) is 10.8 Å². The summed E-state index contributed by atoms with van der Waals surface area (Å²) in [5, 5.41) is 11.6. The van der Waals surface area contributed by atoms with E-state index >= 15 is 0 Å². The molecule has 0 bridgehead atoms. The Balaban J connectivity index is 2.09. The summed E-state index contributed by atoms with van der Waals surface area (Å²) in [6, 6.07) is 7.73. The van der Waals surface area contributed by atoms with Gasteiger partial charge in [-0.1, -0.05) is 0 Å². The van der Waals surface area contributed by atoms with Crippen LogP contribution in [-0.4, -0.2) is 22.0 Å². The van der Waals surface area contributed by atoms with Gasteiger partial charge in [0.25, 0.3) is 5.91 Å². The maximum atomic E-state index is 12.1. The van der Waals surface area contributed by atoms with Gasteiger partial charge in [-0.15, -0.1) is 0 Å². The van der Waals surface area contributed by atoms with E-state index in [1.54, 1.807) is 18.2 Å². The average molecular weight is 350 g/mol. The lowest BCUT2D eigenvalue weighted by Crippen LogP contribution is -2.24. The first-order chi connectivity index (χ1) is 9.97. The third kappa shape index (κ3) is 3.79. The van der Waals surface area contributed by atoms with Crippen LogP contribution >= 0.6 is 15.9 Å². The summed E-state index contributed by atoms with van der Waals surface area (Å²) in [4.78, 5) is 26.9. The zero-order valence-electron chi connectivity index (χ0n) is 10.8. The van der Waals surface area contributed by atoms with Gasteiger partial charge in [-0.25, -0.2) is 4.79 Å². The second kappa shape index (κ2) is 6.36. The van der Waals surface area contributed by atoms with Gasteiger partial charge in [0.05, 0.1) is 23.4 Å². The monoisotopic (exact) mass is 349 g/mol. The molecule has 0 atom stereocenters. The third-order valence-electron chi connectivity index (χ3n) is 2.73. The van der Waals surface area contributed by atoms with E-state index < -0.39 is 5.97 Å². The molecule has 6 nitrogen and oxygen atoms in total. The Bertz CT molecular complexity index is 704. The molecule has 0 spiro atoms. The van der Waals surface area contributed by atoms with Crippen LogP contribution in [0.4, 0.5) is 5.69 Å². The smallest absolute Gasteiger partial charge is 0.335 e. The van der Waals surface area contributed by atoms with Crippen LogP contribution in [0.1, 0.15) is 26.4 Å². The van der Waals surface area contributed by atoms with E-state index in [-0.39, 0.29) is 18.0 Å². The van der Waals surface area contributed by atoms with Crippen LogP contribution in [0.2, 0.25) is 0 Å². The number of amides is 1. The maximum Gasteiger partial charge on any atom is 0.335 e. The van der Waals surface area contributed by atoms with E-state index in [1.165, 1.54) is 18.3 Å². The molecule has 1 amide bonds. The fourth-order valence-electron chi connectivity index (χ4n) is 1.69. The highest BCUT2D eigenvalue weighted by atomic mass is 79.9. The largest absolute Gasteiger partial charge is 0.478 e. The van der Waals surface area contributed by atoms with Crippen molar-refractivity contribution >= 4 is 33.5 Å². The van der Waals surface area contributed by atoms with Crippen molar-refractivity contribution in [1.29, 1.82) is 0 Å². The SMILES string of the molecule is Nc1ccc(Br)c(C(=O)NCc2cc(C(=O)O)ccn2)c1. The molecule has 2 rings (SSSR count). The summed E-state index contributed by atoms with van der Waals surface area (Å²) in [7, 11) is 0. The molecule has 0 aliphatic carbocycles. The molecule has 108 valence electrons. The topological polar surface area (TPSA) is 105 Å². The molecule has 4 N–H and O–H groups in total. The number of carbonyl (C=O) groups is 2. The fourth-order valence-corrected chi connectivity index (χ4v) is 2.12. The van der Waals surface area contributed by atoms with Gasteiger partial charge >= 0.3 is 5.97 Å². The number of hydrogen-bond donors (Lipinski definition) is 3. The number of nitrogens with two attached hydrogens (primary N) is 1. The van der Waals surface area contributed by atoms with E-state index in [1.807, 2.05) is 0 Å². The number of carbonyl (C=O) groups excluding carboxylic acids is 1. The number of anilines is 1. The Hall–Kier alpha value is -2.41. The summed E-state index contributed by atoms with van der Waals surface area (Å²) in [6.45, 7) is 0.126. The van der Waals surface area contributed by atoms with Crippen molar-refractivity contribution in [2.75, 3.05) is 5.73 Å². The number of pyridine rings is 1. The summed E-state index contributed by atoms with van der Waals surface area (Å²) < 4.78 is 0.626. The Morgan fingerprint density at radius 2 is 2.05 bits per heavy atom. The highest BCUT2D eigenvalue weighted by Gasteiger charge is 2.11. The molecule has 0 unspecified atom stereocenters. The Kier molecular flexibility index (Phi) is 4.54. The minimum Gasteiger partial charge on any atom is -0.478 e. The van der Waals surface area contributed by atoms with Crippen molar-refractivity contribution in [3.05, 3.63) is 57.8 Å². The average Bonchev–Trinajstić information content (AvgIpc) is 2.47. The van der Waals surface area contributed by atoms with Gasteiger partial charge in [-0.3, -0.25) is 9.78 Å². The first-order valence-corrected chi connectivity index (χ1v) is 6.78. The van der Waals surface area contributed by atoms with Crippen molar-refractivity contribution < 1.29 is 14.7 Å². The summed E-state index contributed by atoms with van der Waals surface area (Å²) in [5.41, 5.74) is 7.12. The quantitative estimate of drug-likeness (QED) is 0.732. The highest BCUT2D eigenvalue weighted by molar-refractivity contribution is 9.10. The Morgan fingerprint density at radius 3 is 2.76 bits per heavy atom. The second-order valence-electron chi connectivity index (χ2n) is 4.26. The molecule has 0 aliphatic rings. The lowest BCUT2D eigenvalue weighted by atomic mass is 10.2. The van der Waals surface area contributed by atoms with Crippen LogP contribution in [0, 0.1) is 0 Å². The molecular formula is C14H12BrN3O3. The van der Waals surface area contributed by atoms with Gasteiger partial charge in [0.1, 0.15) is 0 Å². The molecule has 1 aromatic heterocycles. The van der Waals surface area contributed by atoms with Gasteiger partial charge in [-0.05, 0) is 46.3 Å². The molecule has 0 saturated heterocycles. The van der Waals surface area contributed by atoms with Crippen molar-refractivity contribution in [3.63, 3.8) is 0 Å². The molecule has 1 aromatic carbocycles. The standard InChI is InChI=1S/C14H12BrN3O3/c15-12-2-1-9(16)6-11(12)13(19)18-7-10-5-8(14(20)21)3-4-17-10/h1-6H,7,16H2,(H,18,19)(H,20,21). The number of nitrogens with one attached hydrogen (secondary N) is 1.